The average molecular weight is 329 g/mol. The molecule has 2 rings (SSSR count). The molecule has 1 saturated heterocycles. The molecule has 9 heteroatoms. The fourth-order valence-corrected chi connectivity index (χ4v) is 2.23. The van der Waals surface area contributed by atoms with Gasteiger partial charge in [-0.2, -0.15) is 4.39 Å². The van der Waals surface area contributed by atoms with Gasteiger partial charge in [-0.05, 0) is 18.8 Å². The fraction of sp³-hybridized carbons (Fsp3) is 0.643. The first-order chi connectivity index (χ1) is 10.8. The Balaban J connectivity index is 1.94. The molecule has 8 nitrogen and oxygen atoms in total. The van der Waals surface area contributed by atoms with Crippen molar-refractivity contribution in [2.75, 3.05) is 6.61 Å². The number of nitrogens with two attached hydrogens (primary N) is 1. The second-order valence-electron chi connectivity index (χ2n) is 5.83. The number of H-pyrrole nitrogens is 1. The highest BCUT2D eigenvalue weighted by Gasteiger charge is 2.29. The van der Waals surface area contributed by atoms with E-state index in [0.29, 0.717) is 12.8 Å². The molecule has 1 aliphatic rings. The molecule has 0 radical (unpaired) electrons. The lowest BCUT2D eigenvalue weighted by molar-refractivity contribution is -0.151. The summed E-state index contributed by atoms with van der Waals surface area (Å²) in [6.45, 7) is 3.63. The standard InChI is InChI=1S/C14H20FN3O5/c1-7(2)11(16)13(20)22-6-8-3-4-10(23-8)18-5-9(15)12(19)17-14(18)21/h5,7-8,10-11H,3-4,6,16H2,1-2H3,(H,17,19,21). The lowest BCUT2D eigenvalue weighted by atomic mass is 10.1. The molecule has 0 saturated carbocycles. The Hall–Kier alpha value is -2.00. The maximum absolute atomic E-state index is 13.3. The van der Waals surface area contributed by atoms with Crippen LogP contribution in [-0.4, -0.2) is 34.3 Å². The van der Waals surface area contributed by atoms with Gasteiger partial charge in [-0.15, -0.1) is 0 Å². The van der Waals surface area contributed by atoms with Crippen LogP contribution in [0.1, 0.15) is 32.9 Å². The third kappa shape index (κ3) is 4.05. The SMILES string of the molecule is CC(C)C(N)C(=O)OCC1CCC(n2cc(F)c(=O)[nH]c2=O)O1. The van der Waals surface area contributed by atoms with Gasteiger partial charge < -0.3 is 15.2 Å². The van der Waals surface area contributed by atoms with Crippen LogP contribution >= 0.6 is 0 Å². The summed E-state index contributed by atoms with van der Waals surface area (Å²) < 4.78 is 24.9. The number of carbonyl (C=O) groups excluding carboxylic acids is 1. The first kappa shape index (κ1) is 17.4. The molecule has 1 fully saturated rings. The van der Waals surface area contributed by atoms with E-state index >= 15 is 0 Å². The molecule has 1 aliphatic heterocycles. The van der Waals surface area contributed by atoms with Crippen molar-refractivity contribution in [3.05, 3.63) is 32.9 Å². The summed E-state index contributed by atoms with van der Waals surface area (Å²) in [5, 5.41) is 0. The maximum Gasteiger partial charge on any atom is 0.330 e. The smallest absolute Gasteiger partial charge is 0.330 e. The van der Waals surface area contributed by atoms with E-state index in [0.717, 1.165) is 10.8 Å². The Bertz CT molecular complexity index is 684. The zero-order valence-electron chi connectivity index (χ0n) is 13.0. The van der Waals surface area contributed by atoms with Gasteiger partial charge in [-0.1, -0.05) is 13.8 Å². The van der Waals surface area contributed by atoms with Gasteiger partial charge in [-0.25, -0.2) is 4.79 Å². The van der Waals surface area contributed by atoms with Crippen LogP contribution in [0.3, 0.4) is 0 Å². The van der Waals surface area contributed by atoms with Crippen molar-refractivity contribution in [1.29, 1.82) is 0 Å². The second kappa shape index (κ2) is 7.05. The van der Waals surface area contributed by atoms with Gasteiger partial charge in [-0.3, -0.25) is 19.1 Å². The van der Waals surface area contributed by atoms with Gasteiger partial charge in [0.1, 0.15) is 18.9 Å². The molecule has 0 aromatic carbocycles. The number of hydrogen-bond donors (Lipinski definition) is 2. The van der Waals surface area contributed by atoms with E-state index in [1.54, 1.807) is 0 Å². The topological polar surface area (TPSA) is 116 Å². The van der Waals surface area contributed by atoms with Crippen LogP contribution < -0.4 is 17.0 Å². The van der Waals surface area contributed by atoms with E-state index in [4.69, 9.17) is 15.2 Å². The summed E-state index contributed by atoms with van der Waals surface area (Å²) >= 11 is 0. The number of aromatic nitrogens is 2. The molecule has 0 bridgehead atoms. The quantitative estimate of drug-likeness (QED) is 0.728. The largest absolute Gasteiger partial charge is 0.462 e. The van der Waals surface area contributed by atoms with Gasteiger partial charge in [0.2, 0.25) is 5.82 Å². The van der Waals surface area contributed by atoms with Crippen molar-refractivity contribution in [3.63, 3.8) is 0 Å². The lowest BCUT2D eigenvalue weighted by Crippen LogP contribution is -2.38. The number of hydrogen-bond acceptors (Lipinski definition) is 6. The number of halogens is 1. The molecule has 1 aromatic heterocycles. The predicted molar refractivity (Wildman–Crippen MR) is 78.2 cm³/mol. The molecular weight excluding hydrogens is 309 g/mol. The minimum absolute atomic E-state index is 0.0103. The third-order valence-electron chi connectivity index (χ3n) is 3.72. The minimum Gasteiger partial charge on any atom is -0.462 e. The Morgan fingerprint density at radius 3 is 2.87 bits per heavy atom. The maximum atomic E-state index is 13.3. The molecule has 128 valence electrons. The lowest BCUT2D eigenvalue weighted by Gasteiger charge is -2.18. The number of aromatic amines is 1. The Morgan fingerprint density at radius 1 is 1.52 bits per heavy atom. The highest BCUT2D eigenvalue weighted by atomic mass is 19.1. The first-order valence-electron chi connectivity index (χ1n) is 7.38. The zero-order valence-corrected chi connectivity index (χ0v) is 13.0. The van der Waals surface area contributed by atoms with Crippen molar-refractivity contribution < 1.29 is 18.7 Å². The van der Waals surface area contributed by atoms with Crippen molar-refractivity contribution in [2.45, 2.75) is 45.1 Å². The average Bonchev–Trinajstić information content (AvgIpc) is 2.96. The van der Waals surface area contributed by atoms with Crippen molar-refractivity contribution >= 4 is 5.97 Å². The van der Waals surface area contributed by atoms with Crippen LogP contribution in [0.2, 0.25) is 0 Å². The monoisotopic (exact) mass is 329 g/mol. The number of nitrogens with one attached hydrogen (secondary N) is 1. The Morgan fingerprint density at radius 2 is 2.22 bits per heavy atom. The number of esters is 1. The van der Waals surface area contributed by atoms with Gasteiger partial charge in [0.25, 0.3) is 5.56 Å². The Kier molecular flexibility index (Phi) is 5.32. The molecule has 0 amide bonds. The molecule has 0 aliphatic carbocycles. The van der Waals surface area contributed by atoms with Gasteiger partial charge >= 0.3 is 11.7 Å². The summed E-state index contributed by atoms with van der Waals surface area (Å²) in [4.78, 5) is 36.2. The number of rotatable bonds is 5. The van der Waals surface area contributed by atoms with E-state index in [1.165, 1.54) is 0 Å². The summed E-state index contributed by atoms with van der Waals surface area (Å²) in [5.74, 6) is -1.62. The van der Waals surface area contributed by atoms with Gasteiger partial charge in [0, 0.05) is 0 Å². The second-order valence-corrected chi connectivity index (χ2v) is 5.83. The van der Waals surface area contributed by atoms with Gasteiger partial charge in [0.05, 0.1) is 12.3 Å². The van der Waals surface area contributed by atoms with Crippen LogP contribution in [0.4, 0.5) is 4.39 Å². The molecule has 1 aromatic rings. The molecule has 23 heavy (non-hydrogen) atoms. The third-order valence-corrected chi connectivity index (χ3v) is 3.72. The van der Waals surface area contributed by atoms with Crippen LogP contribution in [0.5, 0.6) is 0 Å². The summed E-state index contributed by atoms with van der Waals surface area (Å²) in [7, 11) is 0. The fourth-order valence-electron chi connectivity index (χ4n) is 2.23. The van der Waals surface area contributed by atoms with E-state index in [1.807, 2.05) is 18.8 Å². The zero-order chi connectivity index (χ0) is 17.1. The van der Waals surface area contributed by atoms with Crippen LogP contribution in [0.15, 0.2) is 15.8 Å². The van der Waals surface area contributed by atoms with E-state index < -0.39 is 41.4 Å². The van der Waals surface area contributed by atoms with Crippen LogP contribution in [0, 0.1) is 11.7 Å². The summed E-state index contributed by atoms with van der Waals surface area (Å²) in [6.07, 6.45) is 0.655. The van der Waals surface area contributed by atoms with E-state index in [2.05, 4.69) is 0 Å². The number of ether oxygens (including phenoxy) is 2. The predicted octanol–water partition coefficient (Wildman–Crippen LogP) is -0.120. The first-order valence-corrected chi connectivity index (χ1v) is 7.38. The number of carbonyl (C=O) groups is 1. The molecule has 3 N–H and O–H groups in total. The Labute approximate surface area is 131 Å². The van der Waals surface area contributed by atoms with E-state index in [9.17, 15) is 18.8 Å². The van der Waals surface area contributed by atoms with Crippen molar-refractivity contribution in [3.8, 4) is 0 Å². The van der Waals surface area contributed by atoms with Crippen molar-refractivity contribution in [1.82, 2.24) is 9.55 Å². The minimum atomic E-state index is -1.07. The van der Waals surface area contributed by atoms with Crippen molar-refractivity contribution in [2.24, 2.45) is 11.7 Å². The molecule has 2 heterocycles. The summed E-state index contributed by atoms with van der Waals surface area (Å²) in [6, 6.07) is -0.705. The van der Waals surface area contributed by atoms with Crippen LogP contribution in [0.25, 0.3) is 0 Å². The highest BCUT2D eigenvalue weighted by Crippen LogP contribution is 2.27. The van der Waals surface area contributed by atoms with Gasteiger partial charge in [0.15, 0.2) is 0 Å². The van der Waals surface area contributed by atoms with E-state index in [-0.39, 0.29) is 12.5 Å². The molecule has 3 unspecified atom stereocenters. The highest BCUT2D eigenvalue weighted by molar-refractivity contribution is 5.75. The molecule has 0 spiro atoms. The molecule has 3 atom stereocenters. The van der Waals surface area contributed by atoms with Crippen LogP contribution in [-0.2, 0) is 14.3 Å². The number of nitrogens with zero attached hydrogens (tertiary/aromatic N) is 1. The summed E-state index contributed by atoms with van der Waals surface area (Å²) in [5.41, 5.74) is 3.86. The normalized spacial score (nSPS) is 22.3. The molecular formula is C14H20FN3O5.